The highest BCUT2D eigenvalue weighted by Crippen LogP contribution is 2.46. The maximum atomic E-state index is 5.16. The van der Waals surface area contributed by atoms with Crippen molar-refractivity contribution in [3.05, 3.63) is 243 Å². The van der Waals surface area contributed by atoms with Gasteiger partial charge in [0.1, 0.15) is 0 Å². The number of rotatable bonds is 7. The van der Waals surface area contributed by atoms with E-state index < -0.39 is 0 Å². The van der Waals surface area contributed by atoms with Gasteiger partial charge in [-0.05, 0) is 99.7 Å². The second-order valence-electron chi connectivity index (χ2n) is 16.5. The summed E-state index contributed by atoms with van der Waals surface area (Å²) in [6, 6.07) is 87.2. The van der Waals surface area contributed by atoms with Crippen molar-refractivity contribution in [1.82, 2.24) is 9.97 Å². The number of fused-ring (bicyclic) bond motifs is 5. The molecule has 0 radical (unpaired) electrons. The Labute approximate surface area is 372 Å². The third-order valence-corrected chi connectivity index (χ3v) is 12.7. The van der Waals surface area contributed by atoms with E-state index in [-0.39, 0.29) is 0 Å². The first-order valence-electron chi connectivity index (χ1n) is 21.9. The molecule has 0 saturated heterocycles. The van der Waals surface area contributed by atoms with Crippen LogP contribution in [0.3, 0.4) is 0 Å². The predicted molar refractivity (Wildman–Crippen MR) is 270 cm³/mol. The molecule has 0 N–H and O–H groups in total. The Hall–Kier alpha value is -8.46. The number of hydrogen-bond acceptors (Lipinski definition) is 2. The zero-order chi connectivity index (χ0) is 42.4. The predicted octanol–water partition coefficient (Wildman–Crippen LogP) is 16.8. The van der Waals surface area contributed by atoms with E-state index in [0.717, 1.165) is 44.8 Å². The van der Waals surface area contributed by atoms with Crippen molar-refractivity contribution in [2.45, 2.75) is 0 Å². The van der Waals surface area contributed by atoms with Gasteiger partial charge < -0.3 is 0 Å². The van der Waals surface area contributed by atoms with Crippen molar-refractivity contribution < 1.29 is 0 Å². The molecule has 1 aromatic heterocycles. The third kappa shape index (κ3) is 6.61. The second-order valence-corrected chi connectivity index (χ2v) is 16.5. The molecule has 2 nitrogen and oxygen atoms in total. The van der Waals surface area contributed by atoms with Crippen LogP contribution in [-0.2, 0) is 0 Å². The maximum absolute atomic E-state index is 5.16. The van der Waals surface area contributed by atoms with Gasteiger partial charge in [-0.15, -0.1) is 0 Å². The molecule has 0 fully saturated rings. The van der Waals surface area contributed by atoms with Gasteiger partial charge in [0.05, 0.1) is 11.4 Å². The first-order valence-corrected chi connectivity index (χ1v) is 21.9. The topological polar surface area (TPSA) is 25.8 Å². The van der Waals surface area contributed by atoms with Crippen molar-refractivity contribution in [2.24, 2.45) is 0 Å². The van der Waals surface area contributed by atoms with Gasteiger partial charge in [0, 0.05) is 16.7 Å². The van der Waals surface area contributed by atoms with E-state index >= 15 is 0 Å². The minimum Gasteiger partial charge on any atom is -0.228 e. The lowest BCUT2D eigenvalue weighted by Crippen LogP contribution is -1.96. The number of aromatic nitrogens is 2. The average Bonchev–Trinajstić information content (AvgIpc) is 3.38. The molecule has 0 aliphatic rings. The number of benzene rings is 11. The quantitative estimate of drug-likeness (QED) is 0.118. The zero-order valence-corrected chi connectivity index (χ0v) is 35.0. The van der Waals surface area contributed by atoms with Gasteiger partial charge in [-0.25, -0.2) is 9.97 Å². The highest BCUT2D eigenvalue weighted by molar-refractivity contribution is 6.28. The Morgan fingerprint density at radius 2 is 0.703 bits per heavy atom. The lowest BCUT2D eigenvalue weighted by Gasteiger charge is -2.19. The summed E-state index contributed by atoms with van der Waals surface area (Å²) < 4.78 is 0. The smallest absolute Gasteiger partial charge is 0.160 e. The summed E-state index contributed by atoms with van der Waals surface area (Å²) in [5.74, 6) is 0.702. The standard InChI is InChI=1S/C62H40N2/c1-3-17-46(18-4-1)59-54-26-11-12-27-55(54)60(61-53-25-10-8-16-44(53)37-38-56(59)61)47-35-31-42(32-36-47)41-29-33-45(34-30-41)57-40-58(64-62(63-57)48-19-5-2-6-20-48)50-23-13-22-49(39-50)52-28-14-21-43-15-7-9-24-51(43)52/h1-40H. The Bertz CT molecular complexity index is 3680. The van der Waals surface area contributed by atoms with Gasteiger partial charge >= 0.3 is 0 Å². The van der Waals surface area contributed by atoms with Gasteiger partial charge in [-0.1, -0.05) is 231 Å². The molecule has 11 aromatic carbocycles. The summed E-state index contributed by atoms with van der Waals surface area (Å²) in [4.78, 5) is 10.3. The van der Waals surface area contributed by atoms with E-state index in [9.17, 15) is 0 Å². The molecule has 12 aromatic rings. The van der Waals surface area contributed by atoms with E-state index in [1.54, 1.807) is 0 Å². The molecule has 298 valence electrons. The van der Waals surface area contributed by atoms with Crippen LogP contribution in [0, 0.1) is 0 Å². The van der Waals surface area contributed by atoms with Crippen LogP contribution >= 0.6 is 0 Å². The van der Waals surface area contributed by atoms with Crippen LogP contribution in [-0.4, -0.2) is 9.97 Å². The van der Waals surface area contributed by atoms with Crippen molar-refractivity contribution in [1.29, 1.82) is 0 Å². The maximum Gasteiger partial charge on any atom is 0.160 e. The fourth-order valence-corrected chi connectivity index (χ4v) is 9.61. The van der Waals surface area contributed by atoms with Crippen molar-refractivity contribution in [3.8, 4) is 78.4 Å². The molecule has 2 heteroatoms. The molecule has 1 heterocycles. The Kier molecular flexibility index (Phi) is 9.20. The molecule has 0 saturated carbocycles. The first kappa shape index (κ1) is 37.3. The number of nitrogens with zero attached hydrogens (tertiary/aromatic N) is 2. The Morgan fingerprint density at radius 3 is 1.41 bits per heavy atom. The van der Waals surface area contributed by atoms with E-state index in [1.807, 2.05) is 18.2 Å². The largest absolute Gasteiger partial charge is 0.228 e. The van der Waals surface area contributed by atoms with Crippen LogP contribution in [0.2, 0.25) is 0 Å². The van der Waals surface area contributed by atoms with Gasteiger partial charge in [-0.2, -0.15) is 0 Å². The SMILES string of the molecule is c1ccc(-c2nc(-c3ccc(-c4ccc(-c5c6ccccc6c(-c6ccccc6)c6ccc7ccccc7c56)cc4)cc3)cc(-c3cccc(-c4cccc5ccccc45)c3)n2)cc1. The summed E-state index contributed by atoms with van der Waals surface area (Å²) >= 11 is 0. The van der Waals surface area contributed by atoms with E-state index in [0.29, 0.717) is 5.82 Å². The molecule has 0 bridgehead atoms. The second kappa shape index (κ2) is 15.8. The zero-order valence-electron chi connectivity index (χ0n) is 35.0. The summed E-state index contributed by atoms with van der Waals surface area (Å²) in [7, 11) is 0. The van der Waals surface area contributed by atoms with Crippen molar-refractivity contribution in [2.75, 3.05) is 0 Å². The fourth-order valence-electron chi connectivity index (χ4n) is 9.61. The lowest BCUT2D eigenvalue weighted by atomic mass is 9.84. The van der Waals surface area contributed by atoms with Crippen LogP contribution in [0.1, 0.15) is 0 Å². The molecule has 0 aliphatic carbocycles. The van der Waals surface area contributed by atoms with E-state index in [1.165, 1.54) is 70.9 Å². The lowest BCUT2D eigenvalue weighted by molar-refractivity contribution is 1.18. The first-order chi connectivity index (χ1) is 31.7. The molecule has 0 unspecified atom stereocenters. The minimum absolute atomic E-state index is 0.702. The Morgan fingerprint density at radius 1 is 0.234 bits per heavy atom. The van der Waals surface area contributed by atoms with Gasteiger partial charge in [0.25, 0.3) is 0 Å². The molecular formula is C62H40N2. The van der Waals surface area contributed by atoms with E-state index in [4.69, 9.17) is 9.97 Å². The molecule has 0 spiro atoms. The van der Waals surface area contributed by atoms with Gasteiger partial charge in [0.15, 0.2) is 5.82 Å². The highest BCUT2D eigenvalue weighted by atomic mass is 14.9. The normalized spacial score (nSPS) is 11.4. The van der Waals surface area contributed by atoms with Crippen LogP contribution in [0.5, 0.6) is 0 Å². The highest BCUT2D eigenvalue weighted by Gasteiger charge is 2.19. The van der Waals surface area contributed by atoms with Crippen LogP contribution in [0.15, 0.2) is 243 Å². The summed E-state index contributed by atoms with van der Waals surface area (Å²) in [6.45, 7) is 0. The van der Waals surface area contributed by atoms with Crippen LogP contribution in [0.4, 0.5) is 0 Å². The molecule has 0 atom stereocenters. The molecule has 12 rings (SSSR count). The molecule has 0 amide bonds. The monoisotopic (exact) mass is 812 g/mol. The Balaban J connectivity index is 0.931. The van der Waals surface area contributed by atoms with E-state index in [2.05, 4.69) is 224 Å². The fraction of sp³-hybridized carbons (Fsp3) is 0. The molecule has 0 aliphatic heterocycles. The van der Waals surface area contributed by atoms with Crippen molar-refractivity contribution >= 4 is 43.1 Å². The summed E-state index contributed by atoms with van der Waals surface area (Å²) in [5, 5.41) is 10.0. The third-order valence-electron chi connectivity index (χ3n) is 12.7. The van der Waals surface area contributed by atoms with Crippen LogP contribution < -0.4 is 0 Å². The average molecular weight is 813 g/mol. The van der Waals surface area contributed by atoms with Gasteiger partial charge in [0.2, 0.25) is 0 Å². The molecule has 64 heavy (non-hydrogen) atoms. The summed E-state index contributed by atoms with van der Waals surface area (Å²) in [5.41, 5.74) is 14.5. The molecular weight excluding hydrogens is 773 g/mol. The number of hydrogen-bond donors (Lipinski definition) is 0. The van der Waals surface area contributed by atoms with Crippen LogP contribution in [0.25, 0.3) is 122 Å². The summed E-state index contributed by atoms with van der Waals surface area (Å²) in [6.07, 6.45) is 0. The minimum atomic E-state index is 0.702. The van der Waals surface area contributed by atoms with Crippen molar-refractivity contribution in [3.63, 3.8) is 0 Å². The van der Waals surface area contributed by atoms with Gasteiger partial charge in [-0.3, -0.25) is 0 Å².